The number of pyridine rings is 1. The van der Waals surface area contributed by atoms with Gasteiger partial charge in [-0.05, 0) is 68.3 Å². The predicted octanol–water partition coefficient (Wildman–Crippen LogP) is 3.89. The average Bonchev–Trinajstić information content (AvgIpc) is 2.81. The molecule has 1 heterocycles. The molecule has 33 heavy (non-hydrogen) atoms. The zero-order valence-electron chi connectivity index (χ0n) is 19.3. The van der Waals surface area contributed by atoms with E-state index < -0.39 is 0 Å². The molecule has 2 N–H and O–H groups in total. The molecule has 3 rings (SSSR count). The minimum absolute atomic E-state index is 0.111. The number of aromatic nitrogens is 1. The molecule has 0 aliphatic heterocycles. The first kappa shape index (κ1) is 23.8. The maximum Gasteiger partial charge on any atom is 0.251 e. The number of methoxy groups -OCH3 is 1. The molecule has 2 amide bonds. The van der Waals surface area contributed by atoms with Crippen LogP contribution in [0.2, 0.25) is 0 Å². The van der Waals surface area contributed by atoms with Crippen molar-refractivity contribution in [3.8, 4) is 11.5 Å². The van der Waals surface area contributed by atoms with E-state index in [4.69, 9.17) is 9.47 Å². The van der Waals surface area contributed by atoms with Crippen LogP contribution in [-0.4, -0.2) is 30.5 Å². The number of benzene rings is 2. The summed E-state index contributed by atoms with van der Waals surface area (Å²) in [4.78, 5) is 28.8. The van der Waals surface area contributed by atoms with Crippen molar-refractivity contribution in [3.05, 3.63) is 88.7 Å². The van der Waals surface area contributed by atoms with Crippen LogP contribution in [0.3, 0.4) is 0 Å². The molecule has 3 aromatic rings. The largest absolute Gasteiger partial charge is 0.493 e. The van der Waals surface area contributed by atoms with Crippen molar-refractivity contribution in [2.24, 2.45) is 0 Å². The van der Waals surface area contributed by atoms with E-state index in [0.29, 0.717) is 23.7 Å². The van der Waals surface area contributed by atoms with Gasteiger partial charge >= 0.3 is 0 Å². The van der Waals surface area contributed by atoms with Crippen molar-refractivity contribution in [1.82, 2.24) is 15.6 Å². The Balaban J connectivity index is 1.55. The van der Waals surface area contributed by atoms with Gasteiger partial charge in [0.2, 0.25) is 5.91 Å². The first-order valence-electron chi connectivity index (χ1n) is 10.7. The summed E-state index contributed by atoms with van der Waals surface area (Å²) in [7, 11) is 1.57. The van der Waals surface area contributed by atoms with E-state index in [0.717, 1.165) is 22.3 Å². The summed E-state index contributed by atoms with van der Waals surface area (Å²) >= 11 is 0. The van der Waals surface area contributed by atoms with Crippen LogP contribution in [0, 0.1) is 13.8 Å². The molecule has 0 saturated heterocycles. The van der Waals surface area contributed by atoms with Gasteiger partial charge in [0, 0.05) is 18.0 Å². The third kappa shape index (κ3) is 6.80. The summed E-state index contributed by atoms with van der Waals surface area (Å²) in [5.41, 5.74) is 4.40. The molecule has 0 fully saturated rings. The van der Waals surface area contributed by atoms with Crippen LogP contribution in [0.5, 0.6) is 11.5 Å². The number of carbonyl (C=O) groups is 2. The molecule has 7 nitrogen and oxygen atoms in total. The fraction of sp³-hybridized carbons (Fsp3) is 0.269. The number of aryl methyl sites for hydroxylation is 2. The lowest BCUT2D eigenvalue weighted by molar-refractivity contribution is -0.120. The highest BCUT2D eigenvalue weighted by molar-refractivity contribution is 5.96. The molecule has 0 saturated carbocycles. The molecule has 0 bridgehead atoms. The van der Waals surface area contributed by atoms with Gasteiger partial charge in [-0.1, -0.05) is 23.3 Å². The number of carbonyl (C=O) groups excluding carboxylic acids is 2. The summed E-state index contributed by atoms with van der Waals surface area (Å²) in [6.07, 6.45) is 3.43. The van der Waals surface area contributed by atoms with Gasteiger partial charge in [-0.3, -0.25) is 14.6 Å². The van der Waals surface area contributed by atoms with Crippen LogP contribution in [-0.2, 0) is 11.4 Å². The van der Waals surface area contributed by atoms with Gasteiger partial charge in [0.1, 0.15) is 6.61 Å². The third-order valence-corrected chi connectivity index (χ3v) is 5.10. The van der Waals surface area contributed by atoms with E-state index in [1.807, 2.05) is 57.2 Å². The zero-order chi connectivity index (χ0) is 23.8. The number of hydrogen-bond acceptors (Lipinski definition) is 5. The maximum absolute atomic E-state index is 12.4. The molecule has 1 unspecified atom stereocenters. The number of rotatable bonds is 9. The minimum Gasteiger partial charge on any atom is -0.493 e. The number of ether oxygens (including phenoxy) is 2. The summed E-state index contributed by atoms with van der Waals surface area (Å²) < 4.78 is 11.3. The Morgan fingerprint density at radius 3 is 2.33 bits per heavy atom. The maximum atomic E-state index is 12.4. The van der Waals surface area contributed by atoms with Crippen LogP contribution in [0.1, 0.15) is 45.6 Å². The molecule has 0 aliphatic rings. The zero-order valence-corrected chi connectivity index (χ0v) is 19.3. The van der Waals surface area contributed by atoms with Crippen molar-refractivity contribution in [2.45, 2.75) is 33.4 Å². The van der Waals surface area contributed by atoms with Gasteiger partial charge in [-0.2, -0.15) is 0 Å². The molecule has 1 aromatic heterocycles. The lowest BCUT2D eigenvalue weighted by Crippen LogP contribution is -2.38. The molecule has 7 heteroatoms. The quantitative estimate of drug-likeness (QED) is 0.519. The van der Waals surface area contributed by atoms with Gasteiger partial charge in [-0.15, -0.1) is 0 Å². The highest BCUT2D eigenvalue weighted by Gasteiger charge is 2.15. The van der Waals surface area contributed by atoms with Crippen molar-refractivity contribution in [2.75, 3.05) is 13.7 Å². The van der Waals surface area contributed by atoms with Crippen molar-refractivity contribution < 1.29 is 19.1 Å². The van der Waals surface area contributed by atoms with Gasteiger partial charge in [0.05, 0.1) is 19.7 Å². The summed E-state index contributed by atoms with van der Waals surface area (Å²) in [6.45, 7) is 6.02. The topological polar surface area (TPSA) is 89.6 Å². The van der Waals surface area contributed by atoms with Gasteiger partial charge in [-0.25, -0.2) is 0 Å². The molecule has 172 valence electrons. The monoisotopic (exact) mass is 447 g/mol. The van der Waals surface area contributed by atoms with E-state index in [-0.39, 0.29) is 24.4 Å². The second-order valence-electron chi connectivity index (χ2n) is 7.90. The first-order valence-corrected chi connectivity index (χ1v) is 10.7. The second-order valence-corrected chi connectivity index (χ2v) is 7.90. The lowest BCUT2D eigenvalue weighted by atomic mass is 10.1. The van der Waals surface area contributed by atoms with Gasteiger partial charge in [0.15, 0.2) is 11.5 Å². The Hall–Kier alpha value is -3.87. The van der Waals surface area contributed by atoms with Crippen LogP contribution in [0.15, 0.2) is 60.9 Å². The smallest absolute Gasteiger partial charge is 0.251 e. The van der Waals surface area contributed by atoms with Crippen molar-refractivity contribution in [3.63, 3.8) is 0 Å². The molecular weight excluding hydrogens is 418 g/mol. The van der Waals surface area contributed by atoms with Gasteiger partial charge < -0.3 is 20.1 Å². The predicted molar refractivity (Wildman–Crippen MR) is 126 cm³/mol. The SMILES string of the molecule is COc1cc(C(C)NC(=O)CNC(=O)c2cc(C)cc(C)c2)ccc1OCc1ccncc1. The second kappa shape index (κ2) is 11.1. The Labute approximate surface area is 194 Å². The van der Waals surface area contributed by atoms with E-state index >= 15 is 0 Å². The summed E-state index contributed by atoms with van der Waals surface area (Å²) in [5.74, 6) is 0.627. The molecule has 1 atom stereocenters. The van der Waals surface area contributed by atoms with Crippen molar-refractivity contribution in [1.29, 1.82) is 0 Å². The number of nitrogens with one attached hydrogen (secondary N) is 2. The molecule has 0 aliphatic carbocycles. The molecule has 0 radical (unpaired) electrons. The highest BCUT2D eigenvalue weighted by Crippen LogP contribution is 2.31. The van der Waals surface area contributed by atoms with Crippen LogP contribution >= 0.6 is 0 Å². The molecule has 0 spiro atoms. The molecular formula is C26H29N3O4. The van der Waals surface area contributed by atoms with E-state index in [1.165, 1.54) is 0 Å². The average molecular weight is 448 g/mol. The van der Waals surface area contributed by atoms with Crippen LogP contribution < -0.4 is 20.1 Å². The number of hydrogen-bond donors (Lipinski definition) is 2. The van der Waals surface area contributed by atoms with Crippen molar-refractivity contribution >= 4 is 11.8 Å². The minimum atomic E-state index is -0.280. The highest BCUT2D eigenvalue weighted by atomic mass is 16.5. The third-order valence-electron chi connectivity index (χ3n) is 5.10. The molecule has 2 aromatic carbocycles. The Kier molecular flexibility index (Phi) is 8.02. The number of amides is 2. The summed E-state index contributed by atoms with van der Waals surface area (Å²) in [5, 5.41) is 5.57. The standard InChI is InChI=1S/C26H29N3O4/c1-17-11-18(2)13-22(12-17)26(31)28-15-25(30)29-19(3)21-5-6-23(24(14-21)32-4)33-16-20-7-9-27-10-8-20/h5-14,19H,15-16H2,1-4H3,(H,28,31)(H,29,30). The van der Waals surface area contributed by atoms with E-state index in [1.54, 1.807) is 31.6 Å². The van der Waals surface area contributed by atoms with Crippen LogP contribution in [0.25, 0.3) is 0 Å². The van der Waals surface area contributed by atoms with E-state index in [2.05, 4.69) is 15.6 Å². The van der Waals surface area contributed by atoms with Gasteiger partial charge in [0.25, 0.3) is 5.91 Å². The number of nitrogens with zero attached hydrogens (tertiary/aromatic N) is 1. The Bertz CT molecular complexity index is 1100. The Morgan fingerprint density at radius 2 is 1.67 bits per heavy atom. The normalized spacial score (nSPS) is 11.4. The van der Waals surface area contributed by atoms with Crippen LogP contribution in [0.4, 0.5) is 0 Å². The Morgan fingerprint density at radius 1 is 0.970 bits per heavy atom. The lowest BCUT2D eigenvalue weighted by Gasteiger charge is -2.17. The summed E-state index contributed by atoms with van der Waals surface area (Å²) in [6, 6.07) is 14.6. The van der Waals surface area contributed by atoms with E-state index in [9.17, 15) is 9.59 Å². The fourth-order valence-corrected chi connectivity index (χ4v) is 3.46. The fourth-order valence-electron chi connectivity index (χ4n) is 3.46. The first-order chi connectivity index (χ1) is 15.9.